The quantitative estimate of drug-likeness (QED) is 0.508. The molecule has 3 nitrogen and oxygen atoms in total. The van der Waals surface area contributed by atoms with E-state index in [9.17, 15) is 0 Å². The highest BCUT2D eigenvalue weighted by molar-refractivity contribution is 6.09. The van der Waals surface area contributed by atoms with Crippen LogP contribution in [0.2, 0.25) is 0 Å². The molecular formula is C22H26FN3. The van der Waals surface area contributed by atoms with Crippen molar-refractivity contribution >= 4 is 12.4 Å². The molecular weight excluding hydrogens is 325 g/mol. The van der Waals surface area contributed by atoms with Crippen LogP contribution in [0.1, 0.15) is 48.8 Å². The van der Waals surface area contributed by atoms with Crippen molar-refractivity contribution < 1.29 is 4.39 Å². The van der Waals surface area contributed by atoms with Gasteiger partial charge in [0, 0.05) is 29.6 Å². The molecule has 0 atom stereocenters. The second-order valence-electron chi connectivity index (χ2n) is 6.44. The van der Waals surface area contributed by atoms with Crippen LogP contribution in [-0.2, 0) is 6.42 Å². The van der Waals surface area contributed by atoms with E-state index in [1.54, 1.807) is 25.1 Å². The highest BCUT2D eigenvalue weighted by Gasteiger charge is 2.26. The van der Waals surface area contributed by atoms with Crippen LogP contribution < -0.4 is 5.73 Å². The standard InChI is InChI=1S/C22H26FN3/c1-5-8-17(25-4)13-20-18(16-9-7-10-16)11-12-19(22(20)23)21(6-2)26-14-15(3)24/h5-6,8,11-12,14,16H,1-2,4,7,9-10,13,24H2,3H3/b15-14+,17-8-,26-21?. The molecule has 136 valence electrons. The van der Waals surface area contributed by atoms with Gasteiger partial charge in [-0.05, 0) is 61.7 Å². The molecule has 1 saturated carbocycles. The molecule has 2 rings (SSSR count). The summed E-state index contributed by atoms with van der Waals surface area (Å²) in [5.41, 5.74) is 9.43. The van der Waals surface area contributed by atoms with E-state index >= 15 is 4.39 Å². The van der Waals surface area contributed by atoms with Crippen LogP contribution >= 0.6 is 0 Å². The predicted molar refractivity (Wildman–Crippen MR) is 109 cm³/mol. The lowest BCUT2D eigenvalue weighted by Crippen LogP contribution is -2.15. The average Bonchev–Trinajstić information content (AvgIpc) is 2.57. The molecule has 0 saturated heterocycles. The third-order valence-electron chi connectivity index (χ3n) is 4.57. The van der Waals surface area contributed by atoms with Gasteiger partial charge in [0.15, 0.2) is 0 Å². The number of allylic oxidation sites excluding steroid dienone is 5. The third kappa shape index (κ3) is 4.45. The summed E-state index contributed by atoms with van der Waals surface area (Å²) in [6.07, 6.45) is 10.2. The van der Waals surface area contributed by atoms with Gasteiger partial charge in [-0.25, -0.2) is 4.39 Å². The molecule has 4 heteroatoms. The summed E-state index contributed by atoms with van der Waals surface area (Å²) in [4.78, 5) is 8.27. The largest absolute Gasteiger partial charge is 0.401 e. The molecule has 0 unspecified atom stereocenters. The number of nitrogens with two attached hydrogens (primary N) is 1. The van der Waals surface area contributed by atoms with Gasteiger partial charge in [0.25, 0.3) is 0 Å². The molecule has 1 aromatic rings. The van der Waals surface area contributed by atoms with Crippen molar-refractivity contribution in [1.29, 1.82) is 0 Å². The summed E-state index contributed by atoms with van der Waals surface area (Å²) in [5, 5.41) is 0. The number of aliphatic imine (C=N–C) groups is 2. The Morgan fingerprint density at radius 2 is 2.08 bits per heavy atom. The van der Waals surface area contributed by atoms with Crippen molar-refractivity contribution in [2.24, 2.45) is 15.7 Å². The summed E-state index contributed by atoms with van der Waals surface area (Å²) in [6.45, 7) is 12.8. The maximum Gasteiger partial charge on any atom is 0.136 e. The van der Waals surface area contributed by atoms with Crippen molar-refractivity contribution in [3.63, 3.8) is 0 Å². The van der Waals surface area contributed by atoms with E-state index in [2.05, 4.69) is 29.9 Å². The van der Waals surface area contributed by atoms with Gasteiger partial charge in [-0.3, -0.25) is 9.98 Å². The second-order valence-corrected chi connectivity index (χ2v) is 6.44. The maximum atomic E-state index is 15.5. The van der Waals surface area contributed by atoms with E-state index in [0.29, 0.717) is 40.6 Å². The molecule has 2 N–H and O–H groups in total. The Labute approximate surface area is 155 Å². The van der Waals surface area contributed by atoms with E-state index in [-0.39, 0.29) is 5.82 Å². The zero-order chi connectivity index (χ0) is 19.1. The predicted octanol–water partition coefficient (Wildman–Crippen LogP) is 5.20. The first-order valence-electron chi connectivity index (χ1n) is 8.74. The number of nitrogens with zero attached hydrogens (tertiary/aromatic N) is 2. The maximum absolute atomic E-state index is 15.5. The Hall–Kier alpha value is -2.75. The summed E-state index contributed by atoms with van der Waals surface area (Å²) in [7, 11) is 0. The van der Waals surface area contributed by atoms with E-state index < -0.39 is 0 Å². The molecule has 0 aliphatic heterocycles. The summed E-state index contributed by atoms with van der Waals surface area (Å²) < 4.78 is 15.5. The topological polar surface area (TPSA) is 50.7 Å². The van der Waals surface area contributed by atoms with Gasteiger partial charge in [-0.15, -0.1) is 0 Å². The zero-order valence-corrected chi connectivity index (χ0v) is 15.3. The van der Waals surface area contributed by atoms with Crippen LogP contribution in [-0.4, -0.2) is 12.4 Å². The minimum atomic E-state index is -0.283. The van der Waals surface area contributed by atoms with Crippen LogP contribution in [0, 0.1) is 5.82 Å². The molecule has 0 aromatic heterocycles. The lowest BCUT2D eigenvalue weighted by molar-refractivity contribution is 0.415. The second kappa shape index (κ2) is 9.09. The number of hydrogen-bond donors (Lipinski definition) is 1. The fourth-order valence-electron chi connectivity index (χ4n) is 3.00. The van der Waals surface area contributed by atoms with Crippen molar-refractivity contribution in [3.8, 4) is 0 Å². The Morgan fingerprint density at radius 3 is 2.58 bits per heavy atom. The monoisotopic (exact) mass is 351 g/mol. The number of hydrogen-bond acceptors (Lipinski definition) is 3. The van der Waals surface area contributed by atoms with Crippen LogP contribution in [0.3, 0.4) is 0 Å². The van der Waals surface area contributed by atoms with Crippen molar-refractivity contribution in [1.82, 2.24) is 0 Å². The minimum Gasteiger partial charge on any atom is -0.401 e. The first-order valence-corrected chi connectivity index (χ1v) is 8.74. The van der Waals surface area contributed by atoms with Gasteiger partial charge >= 0.3 is 0 Å². The fourth-order valence-corrected chi connectivity index (χ4v) is 3.00. The Kier molecular flexibility index (Phi) is 6.84. The molecule has 0 heterocycles. The van der Waals surface area contributed by atoms with Crippen molar-refractivity contribution in [3.05, 3.63) is 83.6 Å². The van der Waals surface area contributed by atoms with E-state index in [0.717, 1.165) is 18.4 Å². The van der Waals surface area contributed by atoms with Gasteiger partial charge in [0.1, 0.15) is 5.82 Å². The molecule has 0 bridgehead atoms. The number of halogens is 1. The van der Waals surface area contributed by atoms with Crippen LogP contribution in [0.5, 0.6) is 0 Å². The number of benzene rings is 1. The Morgan fingerprint density at radius 1 is 1.35 bits per heavy atom. The molecule has 1 fully saturated rings. The lowest BCUT2D eigenvalue weighted by Gasteiger charge is -2.29. The molecule has 0 radical (unpaired) electrons. The lowest BCUT2D eigenvalue weighted by atomic mass is 9.77. The normalized spacial score (nSPS) is 16.2. The highest BCUT2D eigenvalue weighted by atomic mass is 19.1. The van der Waals surface area contributed by atoms with Gasteiger partial charge in [-0.1, -0.05) is 31.7 Å². The highest BCUT2D eigenvalue weighted by Crippen LogP contribution is 2.40. The fraction of sp³-hybridized carbons (Fsp3) is 0.273. The van der Waals surface area contributed by atoms with E-state index in [1.807, 2.05) is 6.07 Å². The van der Waals surface area contributed by atoms with Crippen molar-refractivity contribution in [2.75, 3.05) is 0 Å². The molecule has 0 amide bonds. The number of rotatable bonds is 8. The van der Waals surface area contributed by atoms with Gasteiger partial charge in [0.2, 0.25) is 0 Å². The summed E-state index contributed by atoms with van der Waals surface area (Å²) in [6, 6.07) is 3.79. The molecule has 0 spiro atoms. The Bertz CT molecular complexity index is 792. The first kappa shape index (κ1) is 19.6. The first-order chi connectivity index (χ1) is 12.5. The third-order valence-corrected chi connectivity index (χ3v) is 4.57. The van der Waals surface area contributed by atoms with Crippen molar-refractivity contribution in [2.45, 2.75) is 38.5 Å². The Balaban J connectivity index is 2.57. The molecule has 1 aliphatic rings. The molecule has 1 aliphatic carbocycles. The van der Waals surface area contributed by atoms with Crippen LogP contribution in [0.25, 0.3) is 0 Å². The van der Waals surface area contributed by atoms with Gasteiger partial charge in [0.05, 0.1) is 5.71 Å². The average molecular weight is 351 g/mol. The summed E-state index contributed by atoms with van der Waals surface area (Å²) in [5.74, 6) is 0.119. The van der Waals surface area contributed by atoms with E-state index in [1.165, 1.54) is 18.7 Å². The van der Waals surface area contributed by atoms with E-state index in [4.69, 9.17) is 5.73 Å². The molecule has 1 aromatic carbocycles. The minimum absolute atomic E-state index is 0.283. The molecule has 26 heavy (non-hydrogen) atoms. The van der Waals surface area contributed by atoms with Crippen LogP contribution in [0.4, 0.5) is 4.39 Å². The van der Waals surface area contributed by atoms with Gasteiger partial charge < -0.3 is 5.73 Å². The smallest absolute Gasteiger partial charge is 0.136 e. The summed E-state index contributed by atoms with van der Waals surface area (Å²) >= 11 is 0. The van der Waals surface area contributed by atoms with Gasteiger partial charge in [-0.2, -0.15) is 0 Å². The zero-order valence-electron chi connectivity index (χ0n) is 15.3. The SMILES string of the molecule is C=C/C=C(/Cc1c(C2CCC2)ccc(C(C=C)=N/C=C(\C)N)c1F)N=C. The van der Waals surface area contributed by atoms with Crippen LogP contribution in [0.15, 0.2) is 71.1 Å².